The Morgan fingerprint density at radius 3 is 2.38 bits per heavy atom. The second-order valence-electron chi connectivity index (χ2n) is 7.45. The van der Waals surface area contributed by atoms with Crippen molar-refractivity contribution in [1.29, 1.82) is 0 Å². The summed E-state index contributed by atoms with van der Waals surface area (Å²) in [5, 5.41) is 7.12. The van der Waals surface area contributed by atoms with Crippen LogP contribution >= 0.6 is 23.4 Å². The number of imidazole rings is 1. The number of halogens is 1. The monoisotopic (exact) mass is 490 g/mol. The Morgan fingerprint density at radius 1 is 0.882 bits per heavy atom. The van der Waals surface area contributed by atoms with Crippen LogP contribution in [0.3, 0.4) is 0 Å². The standard InChI is InChI=1S/C26H23ClN4O2S/c27-23-9-5-4-8-21(23)17-29-24(32)18-34-26-28-14-15-31(26)22-12-10-20(11-13-22)25(33)30-16-19-6-2-1-3-7-19/h1-15H,16-18H2,(H,29,32)(H,30,33). The molecule has 0 saturated carbocycles. The molecule has 0 aliphatic rings. The normalized spacial score (nSPS) is 10.6. The van der Waals surface area contributed by atoms with Gasteiger partial charge in [-0.3, -0.25) is 14.2 Å². The van der Waals surface area contributed by atoms with Gasteiger partial charge in [0.05, 0.1) is 5.75 Å². The molecule has 0 bridgehead atoms. The summed E-state index contributed by atoms with van der Waals surface area (Å²) in [6.07, 6.45) is 3.51. The lowest BCUT2D eigenvalue weighted by Gasteiger charge is -2.10. The Kier molecular flexibility index (Phi) is 8.01. The molecular weight excluding hydrogens is 468 g/mol. The number of aromatic nitrogens is 2. The van der Waals surface area contributed by atoms with Gasteiger partial charge in [0.15, 0.2) is 5.16 Å². The molecule has 6 nitrogen and oxygen atoms in total. The zero-order valence-corrected chi connectivity index (χ0v) is 19.9. The maximum atomic E-state index is 12.5. The van der Waals surface area contributed by atoms with Crippen LogP contribution in [0.15, 0.2) is 96.4 Å². The summed E-state index contributed by atoms with van der Waals surface area (Å²) in [6.45, 7) is 0.851. The van der Waals surface area contributed by atoms with Crippen LogP contribution in [-0.4, -0.2) is 27.1 Å². The fraction of sp³-hybridized carbons (Fsp3) is 0.115. The molecule has 0 unspecified atom stereocenters. The molecule has 4 rings (SSSR count). The van der Waals surface area contributed by atoms with Gasteiger partial charge in [-0.2, -0.15) is 0 Å². The number of thioether (sulfide) groups is 1. The second kappa shape index (κ2) is 11.5. The van der Waals surface area contributed by atoms with Gasteiger partial charge in [0, 0.05) is 41.8 Å². The zero-order valence-electron chi connectivity index (χ0n) is 18.3. The summed E-state index contributed by atoms with van der Waals surface area (Å²) >= 11 is 7.48. The Morgan fingerprint density at radius 2 is 1.62 bits per heavy atom. The van der Waals surface area contributed by atoms with E-state index in [1.54, 1.807) is 24.4 Å². The van der Waals surface area contributed by atoms with E-state index in [-0.39, 0.29) is 17.6 Å². The first-order valence-corrected chi connectivity index (χ1v) is 12.1. The number of amides is 2. The van der Waals surface area contributed by atoms with Gasteiger partial charge in [0.1, 0.15) is 0 Å². The Labute approximate surface area is 207 Å². The second-order valence-corrected chi connectivity index (χ2v) is 8.80. The lowest BCUT2D eigenvalue weighted by atomic mass is 10.1. The Balaban J connectivity index is 1.31. The van der Waals surface area contributed by atoms with E-state index in [2.05, 4.69) is 15.6 Å². The van der Waals surface area contributed by atoms with Crippen molar-refractivity contribution in [2.75, 3.05) is 5.75 Å². The number of carbonyl (C=O) groups is 2. The van der Waals surface area contributed by atoms with Crippen LogP contribution < -0.4 is 10.6 Å². The van der Waals surface area contributed by atoms with E-state index in [4.69, 9.17) is 11.6 Å². The van der Waals surface area contributed by atoms with Crippen LogP contribution in [0.1, 0.15) is 21.5 Å². The predicted octanol–water partition coefficient (Wildman–Crippen LogP) is 4.86. The molecule has 2 amide bonds. The first kappa shape index (κ1) is 23.6. The average Bonchev–Trinajstić information content (AvgIpc) is 3.35. The van der Waals surface area contributed by atoms with Crippen LogP contribution in [0.5, 0.6) is 0 Å². The summed E-state index contributed by atoms with van der Waals surface area (Å²) < 4.78 is 1.89. The van der Waals surface area contributed by atoms with Gasteiger partial charge in [-0.25, -0.2) is 4.98 Å². The van der Waals surface area contributed by atoms with Crippen molar-refractivity contribution in [3.63, 3.8) is 0 Å². The Hall–Kier alpha value is -3.55. The number of nitrogens with one attached hydrogen (secondary N) is 2. The van der Waals surface area contributed by atoms with Crippen molar-refractivity contribution in [2.45, 2.75) is 18.2 Å². The first-order chi connectivity index (χ1) is 16.6. The van der Waals surface area contributed by atoms with Crippen LogP contribution in [0.25, 0.3) is 5.69 Å². The van der Waals surface area contributed by atoms with E-state index in [0.717, 1.165) is 16.8 Å². The number of benzene rings is 3. The molecule has 2 N–H and O–H groups in total. The van der Waals surface area contributed by atoms with Gasteiger partial charge in [0.2, 0.25) is 5.91 Å². The maximum absolute atomic E-state index is 12.5. The number of carbonyl (C=O) groups excluding carboxylic acids is 2. The predicted molar refractivity (Wildman–Crippen MR) is 135 cm³/mol. The molecule has 0 radical (unpaired) electrons. The molecule has 0 aliphatic carbocycles. The summed E-state index contributed by atoms with van der Waals surface area (Å²) in [5.41, 5.74) is 3.35. The quantitative estimate of drug-likeness (QED) is 0.328. The van der Waals surface area contributed by atoms with Crippen LogP contribution in [0.2, 0.25) is 5.02 Å². The lowest BCUT2D eigenvalue weighted by Crippen LogP contribution is -2.24. The molecule has 0 atom stereocenters. The van der Waals surface area contributed by atoms with Gasteiger partial charge < -0.3 is 10.6 Å². The molecular formula is C26H23ClN4O2S. The number of hydrogen-bond donors (Lipinski definition) is 2. The molecule has 172 valence electrons. The zero-order chi connectivity index (χ0) is 23.8. The number of nitrogens with zero attached hydrogens (tertiary/aromatic N) is 2. The van der Waals surface area contributed by atoms with Gasteiger partial charge in [-0.15, -0.1) is 0 Å². The minimum atomic E-state index is -0.133. The highest BCUT2D eigenvalue weighted by molar-refractivity contribution is 7.99. The molecule has 8 heteroatoms. The molecule has 4 aromatic rings. The molecule has 0 saturated heterocycles. The smallest absolute Gasteiger partial charge is 0.251 e. The summed E-state index contributed by atoms with van der Waals surface area (Å²) in [4.78, 5) is 29.1. The minimum absolute atomic E-state index is 0.107. The van der Waals surface area contributed by atoms with Gasteiger partial charge in [0.25, 0.3) is 5.91 Å². The third-order valence-electron chi connectivity index (χ3n) is 5.08. The largest absolute Gasteiger partial charge is 0.351 e. The lowest BCUT2D eigenvalue weighted by molar-refractivity contribution is -0.118. The number of rotatable bonds is 9. The van der Waals surface area contributed by atoms with E-state index < -0.39 is 0 Å². The van der Waals surface area contributed by atoms with Gasteiger partial charge in [-0.1, -0.05) is 71.9 Å². The Bertz CT molecular complexity index is 1260. The summed E-state index contributed by atoms with van der Waals surface area (Å²) in [7, 11) is 0. The minimum Gasteiger partial charge on any atom is -0.351 e. The molecule has 34 heavy (non-hydrogen) atoms. The van der Waals surface area contributed by atoms with E-state index in [0.29, 0.717) is 28.8 Å². The summed E-state index contributed by atoms with van der Waals surface area (Å²) in [6, 6.07) is 24.5. The third-order valence-corrected chi connectivity index (χ3v) is 6.41. The van der Waals surface area contributed by atoms with Crippen LogP contribution in [0, 0.1) is 0 Å². The van der Waals surface area contributed by atoms with E-state index in [1.807, 2.05) is 71.4 Å². The third kappa shape index (κ3) is 6.27. The topological polar surface area (TPSA) is 76.0 Å². The van der Waals surface area contributed by atoms with Crippen LogP contribution in [0.4, 0.5) is 0 Å². The van der Waals surface area contributed by atoms with Crippen molar-refractivity contribution in [1.82, 2.24) is 20.2 Å². The fourth-order valence-electron chi connectivity index (χ4n) is 3.26. The van der Waals surface area contributed by atoms with E-state index in [9.17, 15) is 9.59 Å². The highest BCUT2D eigenvalue weighted by atomic mass is 35.5. The van der Waals surface area contributed by atoms with Crippen molar-refractivity contribution in [3.05, 3.63) is 113 Å². The average molecular weight is 491 g/mol. The molecule has 1 heterocycles. The van der Waals surface area contributed by atoms with Gasteiger partial charge >= 0.3 is 0 Å². The van der Waals surface area contributed by atoms with Crippen molar-refractivity contribution >= 4 is 35.2 Å². The van der Waals surface area contributed by atoms with Crippen molar-refractivity contribution in [2.24, 2.45) is 0 Å². The molecule has 0 fully saturated rings. The molecule has 0 spiro atoms. The SMILES string of the molecule is O=C(CSc1nccn1-c1ccc(C(=O)NCc2ccccc2)cc1)NCc1ccccc1Cl. The van der Waals surface area contributed by atoms with Crippen molar-refractivity contribution < 1.29 is 9.59 Å². The fourth-order valence-corrected chi connectivity index (χ4v) is 4.27. The van der Waals surface area contributed by atoms with Gasteiger partial charge in [-0.05, 0) is 41.5 Å². The molecule has 1 aromatic heterocycles. The highest BCUT2D eigenvalue weighted by Gasteiger charge is 2.11. The van der Waals surface area contributed by atoms with E-state index >= 15 is 0 Å². The molecule has 3 aromatic carbocycles. The van der Waals surface area contributed by atoms with Crippen molar-refractivity contribution in [3.8, 4) is 5.69 Å². The highest BCUT2D eigenvalue weighted by Crippen LogP contribution is 2.21. The number of hydrogen-bond acceptors (Lipinski definition) is 4. The first-order valence-electron chi connectivity index (χ1n) is 10.7. The summed E-state index contributed by atoms with van der Waals surface area (Å²) in [5.74, 6) is -0.0164. The molecule has 0 aliphatic heterocycles. The van der Waals surface area contributed by atoms with Crippen LogP contribution in [-0.2, 0) is 17.9 Å². The van der Waals surface area contributed by atoms with E-state index in [1.165, 1.54) is 11.8 Å². The maximum Gasteiger partial charge on any atom is 0.251 e.